The second-order valence-corrected chi connectivity index (χ2v) is 5.22. The van der Waals surface area contributed by atoms with E-state index in [-0.39, 0.29) is 13.1 Å². The molecule has 1 heterocycles. The molecule has 7 heteroatoms. The van der Waals surface area contributed by atoms with Crippen molar-refractivity contribution in [1.29, 1.82) is 0 Å². The largest absolute Gasteiger partial charge is 0.481 e. The lowest BCUT2D eigenvalue weighted by atomic mass is 9.84. The van der Waals surface area contributed by atoms with E-state index in [0.717, 1.165) is 4.31 Å². The van der Waals surface area contributed by atoms with Crippen molar-refractivity contribution >= 4 is 16.2 Å². The smallest absolute Gasteiger partial charge is 0.312 e. The van der Waals surface area contributed by atoms with Gasteiger partial charge in [0, 0.05) is 20.1 Å². The van der Waals surface area contributed by atoms with E-state index in [4.69, 9.17) is 5.11 Å². The van der Waals surface area contributed by atoms with Gasteiger partial charge >= 0.3 is 5.97 Å². The van der Waals surface area contributed by atoms with Crippen molar-refractivity contribution in [3.63, 3.8) is 0 Å². The van der Waals surface area contributed by atoms with Crippen LogP contribution in [-0.4, -0.2) is 43.9 Å². The molecule has 13 heavy (non-hydrogen) atoms. The van der Waals surface area contributed by atoms with Crippen LogP contribution >= 0.6 is 0 Å². The van der Waals surface area contributed by atoms with Gasteiger partial charge in [-0.25, -0.2) is 4.72 Å². The molecule has 1 fully saturated rings. The van der Waals surface area contributed by atoms with Gasteiger partial charge in [-0.2, -0.15) is 12.7 Å². The van der Waals surface area contributed by atoms with Crippen molar-refractivity contribution in [1.82, 2.24) is 9.03 Å². The van der Waals surface area contributed by atoms with E-state index < -0.39 is 21.6 Å². The van der Waals surface area contributed by atoms with E-state index in [2.05, 4.69) is 4.72 Å². The first-order valence-electron chi connectivity index (χ1n) is 3.74. The normalized spacial score (nSPS) is 22.3. The van der Waals surface area contributed by atoms with Crippen LogP contribution in [0, 0.1) is 5.41 Å². The number of aliphatic carboxylic acids is 1. The van der Waals surface area contributed by atoms with Gasteiger partial charge in [-0.3, -0.25) is 4.79 Å². The summed E-state index contributed by atoms with van der Waals surface area (Å²) >= 11 is 0. The monoisotopic (exact) mass is 208 g/mol. The summed E-state index contributed by atoms with van der Waals surface area (Å²) in [7, 11) is -2.15. The first-order chi connectivity index (χ1) is 5.82. The Balaban J connectivity index is 2.65. The average Bonchev–Trinajstić information content (AvgIpc) is 1.98. The third-order valence-corrected chi connectivity index (χ3v) is 3.62. The van der Waals surface area contributed by atoms with Gasteiger partial charge < -0.3 is 5.11 Å². The lowest BCUT2D eigenvalue weighted by Gasteiger charge is -2.43. The molecule has 6 nitrogen and oxygen atoms in total. The summed E-state index contributed by atoms with van der Waals surface area (Å²) in [5.41, 5.74) is -0.927. The molecule has 0 radical (unpaired) electrons. The van der Waals surface area contributed by atoms with Gasteiger partial charge in [0.05, 0.1) is 5.41 Å². The van der Waals surface area contributed by atoms with Crippen LogP contribution in [0.5, 0.6) is 0 Å². The Bertz CT molecular complexity index is 318. The number of hydrogen-bond donors (Lipinski definition) is 2. The SMILES string of the molecule is CNS(=O)(=O)N1CC(C)(C(=O)O)C1. The maximum absolute atomic E-state index is 11.1. The maximum Gasteiger partial charge on any atom is 0.312 e. The van der Waals surface area contributed by atoms with Crippen LogP contribution in [0.15, 0.2) is 0 Å². The molecule has 0 aromatic rings. The van der Waals surface area contributed by atoms with Crippen molar-refractivity contribution in [2.75, 3.05) is 20.1 Å². The highest BCUT2D eigenvalue weighted by molar-refractivity contribution is 7.87. The fraction of sp³-hybridized carbons (Fsp3) is 0.833. The zero-order valence-electron chi connectivity index (χ0n) is 7.44. The Morgan fingerprint density at radius 1 is 1.54 bits per heavy atom. The van der Waals surface area contributed by atoms with Crippen molar-refractivity contribution in [2.45, 2.75) is 6.92 Å². The van der Waals surface area contributed by atoms with Crippen LogP contribution < -0.4 is 4.72 Å². The zero-order chi connectivity index (χ0) is 10.3. The second-order valence-electron chi connectivity index (χ2n) is 3.34. The standard InChI is InChI=1S/C6H12N2O4S/c1-6(5(9)10)3-8(4-6)13(11,12)7-2/h7H,3-4H2,1-2H3,(H,9,10). The van der Waals surface area contributed by atoms with Crippen LogP contribution in [0.25, 0.3) is 0 Å². The van der Waals surface area contributed by atoms with Crippen LogP contribution in [0.4, 0.5) is 0 Å². The molecule has 1 aliphatic rings. The number of carboxylic acids is 1. The first kappa shape index (κ1) is 10.4. The van der Waals surface area contributed by atoms with E-state index in [0.29, 0.717) is 0 Å². The van der Waals surface area contributed by atoms with E-state index in [1.54, 1.807) is 0 Å². The molecule has 0 spiro atoms. The lowest BCUT2D eigenvalue weighted by Crippen LogP contribution is -2.62. The van der Waals surface area contributed by atoms with E-state index in [1.165, 1.54) is 14.0 Å². The molecule has 1 rings (SSSR count). The topological polar surface area (TPSA) is 86.7 Å². The third kappa shape index (κ3) is 1.67. The molecular weight excluding hydrogens is 196 g/mol. The molecule has 76 valence electrons. The van der Waals surface area contributed by atoms with Crippen LogP contribution in [0.3, 0.4) is 0 Å². The molecule has 1 aliphatic heterocycles. The highest BCUT2D eigenvalue weighted by Gasteiger charge is 2.49. The van der Waals surface area contributed by atoms with Gasteiger partial charge in [0.25, 0.3) is 10.2 Å². The Morgan fingerprint density at radius 2 is 2.00 bits per heavy atom. The van der Waals surface area contributed by atoms with E-state index >= 15 is 0 Å². The number of carbonyl (C=O) groups is 1. The molecule has 0 saturated carbocycles. The molecule has 0 amide bonds. The van der Waals surface area contributed by atoms with Crippen molar-refractivity contribution in [2.24, 2.45) is 5.41 Å². The molecule has 1 saturated heterocycles. The van der Waals surface area contributed by atoms with Crippen LogP contribution in [0.2, 0.25) is 0 Å². The fourth-order valence-electron chi connectivity index (χ4n) is 1.17. The zero-order valence-corrected chi connectivity index (χ0v) is 8.26. The molecule has 0 aromatic carbocycles. The van der Waals surface area contributed by atoms with E-state index in [9.17, 15) is 13.2 Å². The Hall–Kier alpha value is -0.660. The number of nitrogens with zero attached hydrogens (tertiary/aromatic N) is 1. The Kier molecular flexibility index (Phi) is 2.35. The summed E-state index contributed by atoms with van der Waals surface area (Å²) < 4.78 is 25.5. The Labute approximate surface area is 76.7 Å². The van der Waals surface area contributed by atoms with Gasteiger partial charge in [-0.15, -0.1) is 0 Å². The highest BCUT2D eigenvalue weighted by Crippen LogP contribution is 2.31. The third-order valence-electron chi connectivity index (χ3n) is 2.16. The number of hydrogen-bond acceptors (Lipinski definition) is 3. The average molecular weight is 208 g/mol. The number of nitrogens with one attached hydrogen (secondary N) is 1. The van der Waals surface area contributed by atoms with Gasteiger partial charge in [0.15, 0.2) is 0 Å². The van der Waals surface area contributed by atoms with Crippen molar-refractivity contribution in [3.05, 3.63) is 0 Å². The summed E-state index contributed by atoms with van der Waals surface area (Å²) in [5, 5.41) is 8.71. The van der Waals surface area contributed by atoms with E-state index in [1.807, 2.05) is 0 Å². The predicted octanol–water partition coefficient (Wildman–Crippen LogP) is -1.14. The number of rotatable bonds is 3. The molecular formula is C6H12N2O4S. The second kappa shape index (κ2) is 2.93. The van der Waals surface area contributed by atoms with Crippen LogP contribution in [-0.2, 0) is 15.0 Å². The molecule has 2 N–H and O–H groups in total. The number of carboxylic acid groups (broad SMARTS) is 1. The predicted molar refractivity (Wildman–Crippen MR) is 45.3 cm³/mol. The summed E-state index contributed by atoms with van der Waals surface area (Å²) in [5.74, 6) is -0.963. The quantitative estimate of drug-likeness (QED) is 0.613. The lowest BCUT2D eigenvalue weighted by molar-refractivity contribution is -0.154. The summed E-state index contributed by atoms with van der Waals surface area (Å²) in [6.45, 7) is 1.59. The molecule has 0 bridgehead atoms. The fourth-order valence-corrected chi connectivity index (χ4v) is 2.33. The summed E-state index contributed by atoms with van der Waals surface area (Å²) in [6.07, 6.45) is 0. The van der Waals surface area contributed by atoms with Crippen molar-refractivity contribution in [3.8, 4) is 0 Å². The van der Waals surface area contributed by atoms with Crippen LogP contribution in [0.1, 0.15) is 6.92 Å². The van der Waals surface area contributed by atoms with Gasteiger partial charge in [-0.1, -0.05) is 0 Å². The maximum atomic E-state index is 11.1. The molecule has 0 aliphatic carbocycles. The molecule has 0 atom stereocenters. The minimum absolute atomic E-state index is 0.0332. The van der Waals surface area contributed by atoms with Crippen molar-refractivity contribution < 1.29 is 18.3 Å². The minimum atomic E-state index is -3.45. The highest BCUT2D eigenvalue weighted by atomic mass is 32.2. The summed E-state index contributed by atoms with van der Waals surface area (Å²) in [6, 6.07) is 0. The summed E-state index contributed by atoms with van der Waals surface area (Å²) in [4.78, 5) is 10.6. The first-order valence-corrected chi connectivity index (χ1v) is 5.18. The Morgan fingerprint density at radius 3 is 2.31 bits per heavy atom. The van der Waals surface area contributed by atoms with Gasteiger partial charge in [0.1, 0.15) is 0 Å². The van der Waals surface area contributed by atoms with Gasteiger partial charge in [0.2, 0.25) is 0 Å². The molecule has 0 aromatic heterocycles. The van der Waals surface area contributed by atoms with Gasteiger partial charge in [-0.05, 0) is 6.92 Å². The molecule has 0 unspecified atom stereocenters. The minimum Gasteiger partial charge on any atom is -0.481 e.